The minimum absolute atomic E-state index is 0.346. The van der Waals surface area contributed by atoms with E-state index >= 15 is 0 Å². The lowest BCUT2D eigenvalue weighted by Gasteiger charge is -2.17. The van der Waals surface area contributed by atoms with E-state index in [-0.39, 0.29) is 5.97 Å². The average Bonchev–Trinajstić information content (AvgIpc) is 2.37. The molecule has 18 heavy (non-hydrogen) atoms. The van der Waals surface area contributed by atoms with Crippen LogP contribution in [-0.2, 0) is 4.74 Å². The normalized spacial score (nSPS) is 10.7. The molecule has 0 unspecified atom stereocenters. The summed E-state index contributed by atoms with van der Waals surface area (Å²) in [5, 5.41) is 0. The van der Waals surface area contributed by atoms with Crippen molar-refractivity contribution in [3.63, 3.8) is 0 Å². The fourth-order valence-corrected chi connectivity index (χ4v) is 1.99. The molecule has 1 aromatic carbocycles. The second-order valence-corrected chi connectivity index (χ2v) is 4.76. The Hall–Kier alpha value is -1.07. The summed E-state index contributed by atoms with van der Waals surface area (Å²) in [7, 11) is 0. The second kappa shape index (κ2) is 7.38. The molecule has 0 fully saturated rings. The van der Waals surface area contributed by atoms with Crippen molar-refractivity contribution in [1.29, 1.82) is 0 Å². The molecule has 1 rings (SSSR count). The summed E-state index contributed by atoms with van der Waals surface area (Å²) in [6.07, 6.45) is 0. The largest absolute Gasteiger partial charge is 0.461 e. The van der Waals surface area contributed by atoms with Gasteiger partial charge in [-0.25, -0.2) is 4.79 Å². The van der Waals surface area contributed by atoms with E-state index < -0.39 is 0 Å². The molecular formula is C13H19BrN2O2. The first-order chi connectivity index (χ1) is 8.58. The molecule has 1 aromatic rings. The van der Waals surface area contributed by atoms with Crippen molar-refractivity contribution in [2.45, 2.75) is 13.8 Å². The molecule has 100 valence electrons. The van der Waals surface area contributed by atoms with Crippen molar-refractivity contribution >= 4 is 27.6 Å². The van der Waals surface area contributed by atoms with E-state index in [0.29, 0.717) is 22.3 Å². The number of ether oxygens (including phenoxy) is 1. The number of halogens is 1. The molecule has 0 radical (unpaired) electrons. The van der Waals surface area contributed by atoms with Crippen LogP contribution in [0.15, 0.2) is 22.7 Å². The zero-order valence-corrected chi connectivity index (χ0v) is 12.4. The van der Waals surface area contributed by atoms with Gasteiger partial charge in [0.05, 0.1) is 5.56 Å². The van der Waals surface area contributed by atoms with E-state index in [0.717, 1.165) is 19.6 Å². The Kier molecular flexibility index (Phi) is 6.15. The molecule has 0 saturated carbocycles. The fourth-order valence-electron chi connectivity index (χ4n) is 1.58. The molecule has 0 spiro atoms. The highest BCUT2D eigenvalue weighted by molar-refractivity contribution is 9.10. The number of likely N-dealkylation sites (N-methyl/N-ethyl adjacent to an activating group) is 1. The van der Waals surface area contributed by atoms with E-state index in [1.165, 1.54) is 0 Å². The van der Waals surface area contributed by atoms with Gasteiger partial charge in [-0.1, -0.05) is 13.8 Å². The van der Waals surface area contributed by atoms with Gasteiger partial charge in [0.1, 0.15) is 6.61 Å². The lowest BCUT2D eigenvalue weighted by atomic mass is 10.2. The van der Waals surface area contributed by atoms with Crippen LogP contribution in [0, 0.1) is 0 Å². The molecule has 0 amide bonds. The molecule has 0 atom stereocenters. The minimum atomic E-state index is -0.346. The number of hydrogen-bond donors (Lipinski definition) is 1. The summed E-state index contributed by atoms with van der Waals surface area (Å²) in [6, 6.07) is 5.09. The number of carbonyl (C=O) groups is 1. The Labute approximate surface area is 116 Å². The Bertz CT molecular complexity index is 406. The first-order valence-electron chi connectivity index (χ1n) is 6.03. The van der Waals surface area contributed by atoms with Crippen molar-refractivity contribution < 1.29 is 9.53 Å². The van der Waals surface area contributed by atoms with Crippen molar-refractivity contribution in [3.8, 4) is 0 Å². The highest BCUT2D eigenvalue weighted by Gasteiger charge is 2.12. The molecule has 4 nitrogen and oxygen atoms in total. The first-order valence-corrected chi connectivity index (χ1v) is 6.82. The van der Waals surface area contributed by atoms with Crippen LogP contribution in [0.1, 0.15) is 24.2 Å². The SMILES string of the molecule is CCN(CC)CCOC(=O)c1cc(N)ccc1Br. The Morgan fingerprint density at radius 1 is 1.39 bits per heavy atom. The number of benzene rings is 1. The third-order valence-electron chi connectivity index (χ3n) is 2.75. The fraction of sp³-hybridized carbons (Fsp3) is 0.462. The number of nitrogen functional groups attached to an aromatic ring is 1. The molecule has 0 aliphatic carbocycles. The van der Waals surface area contributed by atoms with Crippen LogP contribution in [-0.4, -0.2) is 37.1 Å². The summed E-state index contributed by atoms with van der Waals surface area (Å²) in [4.78, 5) is 14.0. The third-order valence-corrected chi connectivity index (χ3v) is 3.44. The number of nitrogens with two attached hydrogens (primary N) is 1. The van der Waals surface area contributed by atoms with Crippen molar-refractivity contribution in [1.82, 2.24) is 4.90 Å². The molecule has 2 N–H and O–H groups in total. The van der Waals surface area contributed by atoms with Crippen molar-refractivity contribution in [2.75, 3.05) is 32.0 Å². The van der Waals surface area contributed by atoms with Gasteiger partial charge < -0.3 is 15.4 Å². The van der Waals surface area contributed by atoms with Gasteiger partial charge in [-0.15, -0.1) is 0 Å². The minimum Gasteiger partial charge on any atom is -0.461 e. The molecular weight excluding hydrogens is 296 g/mol. The van der Waals surface area contributed by atoms with Crippen LogP contribution in [0.3, 0.4) is 0 Å². The van der Waals surface area contributed by atoms with Crippen LogP contribution >= 0.6 is 15.9 Å². The van der Waals surface area contributed by atoms with Gasteiger partial charge in [0.25, 0.3) is 0 Å². The number of nitrogens with zero attached hydrogens (tertiary/aromatic N) is 1. The monoisotopic (exact) mass is 314 g/mol. The van der Waals surface area contributed by atoms with Gasteiger partial charge in [0.2, 0.25) is 0 Å². The average molecular weight is 315 g/mol. The zero-order chi connectivity index (χ0) is 13.5. The Balaban J connectivity index is 2.53. The Morgan fingerprint density at radius 3 is 2.67 bits per heavy atom. The first kappa shape index (κ1) is 15.0. The quantitative estimate of drug-likeness (QED) is 0.647. The number of carbonyl (C=O) groups excluding carboxylic acids is 1. The lowest BCUT2D eigenvalue weighted by Crippen LogP contribution is -2.28. The molecule has 5 heteroatoms. The number of anilines is 1. The molecule has 0 bridgehead atoms. The standard InChI is InChI=1S/C13H19BrN2O2/c1-3-16(4-2)7-8-18-13(17)11-9-10(15)5-6-12(11)14/h5-6,9H,3-4,7-8,15H2,1-2H3. The van der Waals surface area contributed by atoms with Gasteiger partial charge in [-0.2, -0.15) is 0 Å². The molecule has 0 saturated heterocycles. The van der Waals surface area contributed by atoms with Crippen molar-refractivity contribution in [2.24, 2.45) is 0 Å². The van der Waals surface area contributed by atoms with Gasteiger partial charge >= 0.3 is 5.97 Å². The van der Waals surface area contributed by atoms with E-state index in [9.17, 15) is 4.79 Å². The van der Waals surface area contributed by atoms with E-state index in [2.05, 4.69) is 34.7 Å². The summed E-state index contributed by atoms with van der Waals surface area (Å²) >= 11 is 3.31. The second-order valence-electron chi connectivity index (χ2n) is 3.90. The smallest absolute Gasteiger partial charge is 0.339 e. The maximum atomic E-state index is 11.8. The zero-order valence-electron chi connectivity index (χ0n) is 10.8. The van der Waals surface area contributed by atoms with Gasteiger partial charge in [0, 0.05) is 16.7 Å². The summed E-state index contributed by atoms with van der Waals surface area (Å²) in [6.45, 7) is 7.21. The maximum Gasteiger partial charge on any atom is 0.339 e. The lowest BCUT2D eigenvalue weighted by molar-refractivity contribution is 0.0465. The molecule has 0 heterocycles. The summed E-state index contributed by atoms with van der Waals surface area (Å²) in [5.74, 6) is -0.346. The highest BCUT2D eigenvalue weighted by Crippen LogP contribution is 2.20. The van der Waals surface area contributed by atoms with Gasteiger partial charge in [0.15, 0.2) is 0 Å². The Morgan fingerprint density at radius 2 is 2.06 bits per heavy atom. The topological polar surface area (TPSA) is 55.6 Å². The van der Waals surface area contributed by atoms with Gasteiger partial charge in [-0.3, -0.25) is 0 Å². The van der Waals surface area contributed by atoms with Crippen LogP contribution in [0.5, 0.6) is 0 Å². The number of hydrogen-bond acceptors (Lipinski definition) is 4. The van der Waals surface area contributed by atoms with Crippen LogP contribution in [0.4, 0.5) is 5.69 Å². The van der Waals surface area contributed by atoms with Gasteiger partial charge in [-0.05, 0) is 47.2 Å². The third kappa shape index (κ3) is 4.31. The maximum absolute atomic E-state index is 11.8. The number of esters is 1. The summed E-state index contributed by atoms with van der Waals surface area (Å²) < 4.78 is 5.93. The predicted octanol–water partition coefficient (Wildman–Crippen LogP) is 2.53. The molecule has 0 aliphatic heterocycles. The summed E-state index contributed by atoms with van der Waals surface area (Å²) in [5.41, 5.74) is 6.67. The van der Waals surface area contributed by atoms with E-state index in [1.54, 1.807) is 18.2 Å². The van der Waals surface area contributed by atoms with Crippen LogP contribution < -0.4 is 5.73 Å². The molecule has 0 aromatic heterocycles. The van der Waals surface area contributed by atoms with E-state index in [4.69, 9.17) is 10.5 Å². The van der Waals surface area contributed by atoms with Crippen LogP contribution in [0.25, 0.3) is 0 Å². The number of rotatable bonds is 6. The highest BCUT2D eigenvalue weighted by atomic mass is 79.9. The predicted molar refractivity (Wildman–Crippen MR) is 76.6 cm³/mol. The van der Waals surface area contributed by atoms with E-state index in [1.807, 2.05) is 0 Å². The molecule has 0 aliphatic rings. The van der Waals surface area contributed by atoms with Crippen molar-refractivity contribution in [3.05, 3.63) is 28.2 Å². The van der Waals surface area contributed by atoms with Crippen LogP contribution in [0.2, 0.25) is 0 Å².